The average Bonchev–Trinajstić information content (AvgIpc) is 2.48. The zero-order valence-corrected chi connectivity index (χ0v) is 7.14. The summed E-state index contributed by atoms with van der Waals surface area (Å²) in [5.41, 5.74) is 0. The molecule has 1 heterocycles. The number of nitro groups is 1. The van der Waals surface area contributed by atoms with Crippen molar-refractivity contribution in [2.24, 2.45) is 0 Å². The Hall–Kier alpha value is -1.72. The second-order valence-corrected chi connectivity index (χ2v) is 2.68. The molecule has 0 aromatic carbocycles. The van der Waals surface area contributed by atoms with Gasteiger partial charge in [0.05, 0.1) is 0 Å². The Morgan fingerprint density at radius 2 is 2.46 bits per heavy atom. The molecule has 1 aromatic rings. The van der Waals surface area contributed by atoms with Crippen molar-refractivity contribution < 1.29 is 9.72 Å². The number of carbonyl (C=O) groups is 1. The molecular weight excluding hydrogens is 174 g/mol. The van der Waals surface area contributed by atoms with Gasteiger partial charge in [-0.3, -0.25) is 4.79 Å². The van der Waals surface area contributed by atoms with Crippen LogP contribution >= 0.6 is 0 Å². The number of nitrogens with zero attached hydrogens (tertiary/aromatic N) is 3. The van der Waals surface area contributed by atoms with E-state index in [0.29, 0.717) is 13.0 Å². The standard InChI is InChI=1S/C7H9N3O3/c1-6(11)2-3-9-4-7(8-5-9)10(12)13/h4-5H,2-3H2,1H3. The van der Waals surface area contributed by atoms with E-state index >= 15 is 0 Å². The third-order valence-electron chi connectivity index (χ3n) is 1.53. The van der Waals surface area contributed by atoms with Crippen molar-refractivity contribution >= 4 is 11.6 Å². The second-order valence-electron chi connectivity index (χ2n) is 2.68. The number of aromatic nitrogens is 2. The first kappa shape index (κ1) is 9.37. The number of hydrogen-bond donors (Lipinski definition) is 0. The van der Waals surface area contributed by atoms with Crippen LogP contribution in [0.5, 0.6) is 0 Å². The minimum atomic E-state index is -0.565. The van der Waals surface area contributed by atoms with Crippen molar-refractivity contribution in [2.75, 3.05) is 0 Å². The van der Waals surface area contributed by atoms with E-state index in [4.69, 9.17) is 0 Å². The van der Waals surface area contributed by atoms with Gasteiger partial charge in [0.25, 0.3) is 0 Å². The molecule has 0 amide bonds. The molecule has 13 heavy (non-hydrogen) atoms. The molecule has 0 bridgehead atoms. The molecule has 0 radical (unpaired) electrons. The SMILES string of the molecule is CC(=O)CCn1cnc([N+](=O)[O-])c1. The lowest BCUT2D eigenvalue weighted by Gasteiger charge is -1.94. The molecule has 0 unspecified atom stereocenters. The van der Waals surface area contributed by atoms with Gasteiger partial charge in [0.1, 0.15) is 12.0 Å². The van der Waals surface area contributed by atoms with E-state index < -0.39 is 4.92 Å². The normalized spacial score (nSPS) is 9.92. The van der Waals surface area contributed by atoms with Gasteiger partial charge < -0.3 is 14.7 Å². The Kier molecular flexibility index (Phi) is 2.73. The first-order valence-electron chi connectivity index (χ1n) is 3.75. The highest BCUT2D eigenvalue weighted by Gasteiger charge is 2.09. The maximum Gasteiger partial charge on any atom is 0.381 e. The molecule has 0 saturated heterocycles. The molecule has 0 saturated carbocycles. The van der Waals surface area contributed by atoms with Crippen LogP contribution in [-0.4, -0.2) is 20.3 Å². The van der Waals surface area contributed by atoms with E-state index in [1.54, 1.807) is 0 Å². The number of aryl methyl sites for hydroxylation is 1. The lowest BCUT2D eigenvalue weighted by atomic mass is 10.3. The molecule has 1 rings (SSSR count). The molecule has 0 atom stereocenters. The van der Waals surface area contributed by atoms with Crippen molar-refractivity contribution in [3.63, 3.8) is 0 Å². The van der Waals surface area contributed by atoms with Crippen molar-refractivity contribution in [1.82, 2.24) is 9.55 Å². The highest BCUT2D eigenvalue weighted by molar-refractivity contribution is 5.75. The molecular formula is C7H9N3O3. The first-order valence-corrected chi connectivity index (χ1v) is 3.75. The quantitative estimate of drug-likeness (QED) is 0.510. The molecule has 0 aliphatic carbocycles. The third-order valence-corrected chi connectivity index (χ3v) is 1.53. The minimum absolute atomic E-state index is 0.0522. The number of ketones is 1. The van der Waals surface area contributed by atoms with Crippen molar-refractivity contribution in [3.05, 3.63) is 22.6 Å². The Morgan fingerprint density at radius 1 is 1.77 bits per heavy atom. The highest BCUT2D eigenvalue weighted by atomic mass is 16.6. The van der Waals surface area contributed by atoms with Crippen LogP contribution in [0.4, 0.5) is 5.82 Å². The summed E-state index contributed by atoms with van der Waals surface area (Å²) in [7, 11) is 0. The van der Waals surface area contributed by atoms with E-state index in [1.165, 1.54) is 24.0 Å². The Bertz CT molecular complexity index is 331. The lowest BCUT2D eigenvalue weighted by molar-refractivity contribution is -0.389. The van der Waals surface area contributed by atoms with Gasteiger partial charge in [-0.15, -0.1) is 0 Å². The van der Waals surface area contributed by atoms with E-state index in [0.717, 1.165) is 0 Å². The van der Waals surface area contributed by atoms with Crippen LogP contribution in [0, 0.1) is 10.1 Å². The van der Waals surface area contributed by atoms with Crippen LogP contribution in [0.25, 0.3) is 0 Å². The Labute approximate surface area is 74.3 Å². The van der Waals surface area contributed by atoms with Gasteiger partial charge in [0.2, 0.25) is 6.33 Å². The van der Waals surface area contributed by atoms with Crippen molar-refractivity contribution in [2.45, 2.75) is 19.9 Å². The number of Topliss-reactive ketones (excluding diaryl/α,β-unsaturated/α-hetero) is 1. The monoisotopic (exact) mass is 183 g/mol. The van der Waals surface area contributed by atoms with E-state index in [-0.39, 0.29) is 11.6 Å². The van der Waals surface area contributed by atoms with Gasteiger partial charge in [-0.05, 0) is 16.8 Å². The predicted octanol–water partition coefficient (Wildman–Crippen LogP) is 0.770. The summed E-state index contributed by atoms with van der Waals surface area (Å²) in [5, 5.41) is 10.2. The van der Waals surface area contributed by atoms with Gasteiger partial charge in [-0.1, -0.05) is 0 Å². The first-order chi connectivity index (χ1) is 6.09. The number of rotatable bonds is 4. The van der Waals surface area contributed by atoms with Gasteiger partial charge in [0, 0.05) is 13.0 Å². The maximum absolute atomic E-state index is 10.6. The van der Waals surface area contributed by atoms with E-state index in [1.807, 2.05) is 0 Å². The molecule has 6 nitrogen and oxygen atoms in total. The Morgan fingerprint density at radius 3 is 2.92 bits per heavy atom. The largest absolute Gasteiger partial charge is 0.381 e. The van der Waals surface area contributed by atoms with Crippen LogP contribution in [-0.2, 0) is 11.3 Å². The molecule has 0 aliphatic heterocycles. The summed E-state index contributed by atoms with van der Waals surface area (Å²) < 4.78 is 1.53. The fourth-order valence-electron chi connectivity index (χ4n) is 0.851. The molecule has 0 N–H and O–H groups in total. The summed E-state index contributed by atoms with van der Waals surface area (Å²) in [6, 6.07) is 0. The summed E-state index contributed by atoms with van der Waals surface area (Å²) in [6.45, 7) is 1.92. The van der Waals surface area contributed by atoms with E-state index in [2.05, 4.69) is 4.98 Å². The number of carbonyl (C=O) groups excluding carboxylic acids is 1. The second kappa shape index (κ2) is 3.79. The average molecular weight is 183 g/mol. The van der Waals surface area contributed by atoms with Crippen LogP contribution in [0.1, 0.15) is 13.3 Å². The smallest absolute Gasteiger partial charge is 0.358 e. The van der Waals surface area contributed by atoms with Gasteiger partial charge in [0.15, 0.2) is 0 Å². The molecule has 0 aliphatic rings. The van der Waals surface area contributed by atoms with Gasteiger partial charge in [-0.2, -0.15) is 0 Å². The summed E-state index contributed by atoms with van der Waals surface area (Å²) in [6.07, 6.45) is 3.03. The van der Waals surface area contributed by atoms with Gasteiger partial charge >= 0.3 is 5.82 Å². The highest BCUT2D eigenvalue weighted by Crippen LogP contribution is 2.05. The topological polar surface area (TPSA) is 78.0 Å². The summed E-state index contributed by atoms with van der Waals surface area (Å²) >= 11 is 0. The summed E-state index contributed by atoms with van der Waals surface area (Å²) in [5.74, 6) is -0.139. The predicted molar refractivity (Wildman–Crippen MR) is 44.2 cm³/mol. The zero-order valence-electron chi connectivity index (χ0n) is 7.14. The fourth-order valence-corrected chi connectivity index (χ4v) is 0.851. The fraction of sp³-hybridized carbons (Fsp3) is 0.429. The lowest BCUT2D eigenvalue weighted by Crippen LogP contribution is -1.99. The molecule has 6 heteroatoms. The minimum Gasteiger partial charge on any atom is -0.358 e. The van der Waals surface area contributed by atoms with Crippen LogP contribution < -0.4 is 0 Å². The van der Waals surface area contributed by atoms with Crippen LogP contribution in [0.15, 0.2) is 12.5 Å². The number of hydrogen-bond acceptors (Lipinski definition) is 4. The zero-order chi connectivity index (χ0) is 9.84. The maximum atomic E-state index is 10.6. The van der Waals surface area contributed by atoms with Crippen molar-refractivity contribution in [1.29, 1.82) is 0 Å². The van der Waals surface area contributed by atoms with Gasteiger partial charge in [-0.25, -0.2) is 0 Å². The van der Waals surface area contributed by atoms with Crippen molar-refractivity contribution in [3.8, 4) is 0 Å². The van der Waals surface area contributed by atoms with Crippen LogP contribution in [0.2, 0.25) is 0 Å². The molecule has 0 fully saturated rings. The Balaban J connectivity index is 2.59. The molecule has 1 aromatic heterocycles. The summed E-state index contributed by atoms with van der Waals surface area (Å²) in [4.78, 5) is 23.8. The third kappa shape index (κ3) is 2.66. The molecule has 0 spiro atoms. The number of imidazole rings is 1. The molecule has 70 valence electrons. The van der Waals surface area contributed by atoms with Crippen LogP contribution in [0.3, 0.4) is 0 Å². The van der Waals surface area contributed by atoms with E-state index in [9.17, 15) is 14.9 Å².